The normalized spacial score (nSPS) is 14.0. The first kappa shape index (κ1) is 23.8. The molecule has 0 saturated heterocycles. The number of thiocarbonyl (C=S) groups is 1. The van der Waals surface area contributed by atoms with E-state index in [1.165, 1.54) is 0 Å². The van der Waals surface area contributed by atoms with Crippen LogP contribution in [-0.4, -0.2) is 21.2 Å². The summed E-state index contributed by atoms with van der Waals surface area (Å²) in [5.41, 5.74) is 0. The molecule has 0 bridgehead atoms. The van der Waals surface area contributed by atoms with Crippen molar-refractivity contribution in [1.82, 2.24) is 5.32 Å². The zero-order chi connectivity index (χ0) is 20.8. The van der Waals surface area contributed by atoms with Crippen molar-refractivity contribution in [1.29, 1.82) is 0 Å². The van der Waals surface area contributed by atoms with Gasteiger partial charge >= 0.3 is 187 Å². The van der Waals surface area contributed by atoms with Crippen molar-refractivity contribution in [3.8, 4) is 11.5 Å². The molecule has 2 rings (SSSR count). The van der Waals surface area contributed by atoms with Gasteiger partial charge in [-0.1, -0.05) is 0 Å². The van der Waals surface area contributed by atoms with E-state index in [0.717, 1.165) is 0 Å². The van der Waals surface area contributed by atoms with Gasteiger partial charge in [-0.15, -0.1) is 0 Å². The summed E-state index contributed by atoms with van der Waals surface area (Å²) >= 11 is 5.19. The van der Waals surface area contributed by atoms with Crippen LogP contribution in [0.15, 0.2) is 60.7 Å². The first-order valence-corrected chi connectivity index (χ1v) is 20.0. The molecular formula is C18H21Cl3GeNO3PS. The molecule has 0 fully saturated rings. The molecule has 0 radical (unpaired) electrons. The Balaban J connectivity index is 2.41. The van der Waals surface area contributed by atoms with Gasteiger partial charge in [-0.3, -0.25) is 0 Å². The Morgan fingerprint density at radius 1 is 1.04 bits per heavy atom. The number of para-hydroxylation sites is 2. The quantitative estimate of drug-likeness (QED) is 0.210. The minimum absolute atomic E-state index is 0.260. The van der Waals surface area contributed by atoms with Gasteiger partial charge in [0.2, 0.25) is 0 Å². The molecule has 2 aromatic carbocycles. The van der Waals surface area contributed by atoms with Crippen LogP contribution in [0.5, 0.6) is 11.5 Å². The molecule has 28 heavy (non-hydrogen) atoms. The molecule has 0 heterocycles. The third kappa shape index (κ3) is 7.43. The van der Waals surface area contributed by atoms with E-state index in [0.29, 0.717) is 16.5 Å². The zero-order valence-electron chi connectivity index (χ0n) is 15.3. The molecule has 0 aliphatic carbocycles. The third-order valence-corrected chi connectivity index (χ3v) is 14.6. The van der Waals surface area contributed by atoms with Crippen LogP contribution in [0.4, 0.5) is 0 Å². The summed E-state index contributed by atoms with van der Waals surface area (Å²) in [7, 11) is 11.3. The molecule has 1 N–H and O–H groups in total. The van der Waals surface area contributed by atoms with Gasteiger partial charge < -0.3 is 0 Å². The standard InChI is InChI=1S/C18H21Cl3GeNO3PS/c1-14(22(19,20)21)13-18(23-15(2)28)27(24,25-16-9-5-3-6-10-16)26-17-11-7-4-8-12-17/h3-12,14,18H,13H2,1-2H3,(H,23,28). The summed E-state index contributed by atoms with van der Waals surface area (Å²) in [5, 5.41) is 3.04. The second-order valence-electron chi connectivity index (χ2n) is 6.24. The summed E-state index contributed by atoms with van der Waals surface area (Å²) in [6.45, 7) is 3.52. The SMILES string of the molecule is CC(=S)NC(C[CH](C)[Ge]([Cl])([Cl])[Cl])P(=O)(Oc1ccccc1)Oc1ccccc1. The number of nitrogens with one attached hydrogen (secondary N) is 1. The maximum absolute atomic E-state index is 14.0. The van der Waals surface area contributed by atoms with E-state index in [9.17, 15) is 4.57 Å². The second kappa shape index (κ2) is 10.6. The first-order chi connectivity index (χ1) is 13.1. The van der Waals surface area contributed by atoms with Gasteiger partial charge in [0.15, 0.2) is 0 Å². The first-order valence-electron chi connectivity index (χ1n) is 8.53. The van der Waals surface area contributed by atoms with E-state index >= 15 is 0 Å². The summed E-state index contributed by atoms with van der Waals surface area (Å²) in [6, 6.07) is 17.6. The number of rotatable bonds is 9. The molecule has 4 nitrogen and oxygen atoms in total. The van der Waals surface area contributed by atoms with Crippen LogP contribution < -0.4 is 14.4 Å². The fourth-order valence-corrected chi connectivity index (χ4v) is 7.51. The Bertz CT molecular complexity index is 778. The summed E-state index contributed by atoms with van der Waals surface area (Å²) in [6.07, 6.45) is 0.279. The molecule has 0 amide bonds. The van der Waals surface area contributed by atoms with E-state index in [2.05, 4.69) is 5.32 Å². The van der Waals surface area contributed by atoms with Crippen molar-refractivity contribution in [3.05, 3.63) is 60.7 Å². The van der Waals surface area contributed by atoms with E-state index in [4.69, 9.17) is 51.3 Å². The van der Waals surface area contributed by atoms with Crippen LogP contribution in [0, 0.1) is 0 Å². The van der Waals surface area contributed by atoms with Crippen molar-refractivity contribution in [3.63, 3.8) is 0 Å². The van der Waals surface area contributed by atoms with Crippen LogP contribution in [0.2, 0.25) is 4.75 Å². The van der Waals surface area contributed by atoms with Crippen LogP contribution >= 0.6 is 49.8 Å². The number of hydrogen-bond acceptors (Lipinski definition) is 4. The predicted molar refractivity (Wildman–Crippen MR) is 124 cm³/mol. The van der Waals surface area contributed by atoms with Gasteiger partial charge in [0, 0.05) is 0 Å². The van der Waals surface area contributed by atoms with Gasteiger partial charge in [0.05, 0.1) is 0 Å². The average molecular weight is 541 g/mol. The monoisotopic (exact) mass is 541 g/mol. The Hall–Kier alpha value is -0.427. The van der Waals surface area contributed by atoms with Gasteiger partial charge in [-0.25, -0.2) is 0 Å². The van der Waals surface area contributed by atoms with Crippen LogP contribution in [0.1, 0.15) is 20.3 Å². The van der Waals surface area contributed by atoms with Gasteiger partial charge in [0.1, 0.15) is 0 Å². The average Bonchev–Trinajstić information content (AvgIpc) is 2.61. The minimum atomic E-state index is -3.80. The Labute approximate surface area is 186 Å². The fraction of sp³-hybridized carbons (Fsp3) is 0.278. The molecule has 2 unspecified atom stereocenters. The van der Waals surface area contributed by atoms with Gasteiger partial charge in [-0.05, 0) is 0 Å². The molecule has 152 valence electrons. The second-order valence-corrected chi connectivity index (χ2v) is 25.6. The molecule has 10 heteroatoms. The van der Waals surface area contributed by atoms with Crippen molar-refractivity contribution >= 4 is 65.3 Å². The van der Waals surface area contributed by atoms with Crippen LogP contribution in [-0.2, 0) is 4.57 Å². The molecule has 2 atom stereocenters. The van der Waals surface area contributed by atoms with E-state index in [1.54, 1.807) is 55.5 Å². The van der Waals surface area contributed by atoms with E-state index < -0.39 is 23.9 Å². The molecule has 0 spiro atoms. The Morgan fingerprint density at radius 2 is 1.46 bits per heavy atom. The third-order valence-electron chi connectivity index (χ3n) is 3.84. The summed E-state index contributed by atoms with van der Waals surface area (Å²) in [4.78, 5) is 0.447. The Morgan fingerprint density at radius 3 is 1.82 bits per heavy atom. The molecule has 0 saturated carbocycles. The Kier molecular flexibility index (Phi) is 8.99. The van der Waals surface area contributed by atoms with Crippen molar-refractivity contribution in [2.45, 2.75) is 30.8 Å². The molecule has 0 aliphatic rings. The van der Waals surface area contributed by atoms with Gasteiger partial charge in [-0.2, -0.15) is 0 Å². The predicted octanol–water partition coefficient (Wildman–Crippen LogP) is 7.04. The number of halogens is 3. The molecule has 0 aromatic heterocycles. The zero-order valence-corrected chi connectivity index (χ0v) is 21.4. The van der Waals surface area contributed by atoms with Gasteiger partial charge in [0.25, 0.3) is 0 Å². The summed E-state index contributed by atoms with van der Waals surface area (Å²) < 4.78 is 25.5. The number of hydrogen-bond donors (Lipinski definition) is 1. The fourth-order valence-electron chi connectivity index (χ4n) is 2.37. The van der Waals surface area contributed by atoms with Crippen LogP contribution in [0.3, 0.4) is 0 Å². The molecule has 2 aromatic rings. The van der Waals surface area contributed by atoms with E-state index in [1.807, 2.05) is 19.1 Å². The van der Waals surface area contributed by atoms with Crippen LogP contribution in [0.25, 0.3) is 0 Å². The van der Waals surface area contributed by atoms with E-state index in [-0.39, 0.29) is 11.2 Å². The number of benzene rings is 2. The summed E-state index contributed by atoms with van der Waals surface area (Å²) in [5.74, 6) is 0.0546. The van der Waals surface area contributed by atoms with Crippen molar-refractivity contribution in [2.75, 3.05) is 0 Å². The molecule has 0 aliphatic heterocycles. The maximum atomic E-state index is 14.0. The molecular weight excluding hydrogens is 520 g/mol. The topological polar surface area (TPSA) is 47.6 Å². The van der Waals surface area contributed by atoms with Crippen molar-refractivity contribution in [2.24, 2.45) is 0 Å². The van der Waals surface area contributed by atoms with Crippen molar-refractivity contribution < 1.29 is 13.6 Å².